The van der Waals surface area contributed by atoms with Gasteiger partial charge in [-0.3, -0.25) is 4.79 Å². The Morgan fingerprint density at radius 3 is 2.88 bits per heavy atom. The maximum atomic E-state index is 11.8. The molecule has 1 heterocycles. The fourth-order valence-electron chi connectivity index (χ4n) is 2.06. The molecule has 1 aliphatic rings. The topological polar surface area (TPSA) is 71.5 Å². The Labute approximate surface area is 99.8 Å². The van der Waals surface area contributed by atoms with Crippen LogP contribution < -0.4 is 10.1 Å². The number of carbonyl (C=O) groups excluding carboxylic acids is 1. The highest BCUT2D eigenvalue weighted by molar-refractivity contribution is 5.92. The Balaban J connectivity index is 1.97. The van der Waals surface area contributed by atoms with Crippen molar-refractivity contribution in [3.8, 4) is 5.88 Å². The lowest BCUT2D eigenvalue weighted by molar-refractivity contribution is -0.122. The number of anilines is 1. The fraction of sp³-hybridized carbons (Fsp3) is 0.500. The van der Waals surface area contributed by atoms with Crippen molar-refractivity contribution in [2.45, 2.75) is 25.4 Å². The highest BCUT2D eigenvalue weighted by Crippen LogP contribution is 2.26. The summed E-state index contributed by atoms with van der Waals surface area (Å²) in [4.78, 5) is 15.8. The summed E-state index contributed by atoms with van der Waals surface area (Å²) in [6, 6.07) is 3.41. The summed E-state index contributed by atoms with van der Waals surface area (Å²) in [5.41, 5.74) is 0.620. The maximum Gasteiger partial charge on any atom is 0.230 e. The first-order valence-corrected chi connectivity index (χ1v) is 5.69. The second-order valence-electron chi connectivity index (χ2n) is 4.18. The minimum absolute atomic E-state index is 0.137. The average molecular weight is 236 g/mol. The predicted octanol–water partition coefficient (Wildman–Crippen LogP) is 1.19. The molecule has 1 aromatic heterocycles. The van der Waals surface area contributed by atoms with Crippen LogP contribution in [-0.2, 0) is 4.79 Å². The van der Waals surface area contributed by atoms with Gasteiger partial charge in [0.05, 0.1) is 31.0 Å². The van der Waals surface area contributed by atoms with Crippen molar-refractivity contribution in [1.82, 2.24) is 4.98 Å². The summed E-state index contributed by atoms with van der Waals surface area (Å²) in [7, 11) is 1.54. The Morgan fingerprint density at radius 2 is 2.35 bits per heavy atom. The second kappa shape index (κ2) is 5.14. The summed E-state index contributed by atoms with van der Waals surface area (Å²) >= 11 is 0. The van der Waals surface area contributed by atoms with Gasteiger partial charge in [-0.25, -0.2) is 4.98 Å². The monoisotopic (exact) mass is 236 g/mol. The fourth-order valence-corrected chi connectivity index (χ4v) is 2.06. The molecule has 92 valence electrons. The number of hydrogen-bond acceptors (Lipinski definition) is 4. The van der Waals surface area contributed by atoms with Crippen molar-refractivity contribution >= 4 is 11.6 Å². The summed E-state index contributed by atoms with van der Waals surface area (Å²) in [5, 5.41) is 12.4. The van der Waals surface area contributed by atoms with E-state index in [1.54, 1.807) is 12.1 Å². The number of rotatable bonds is 3. The first-order valence-electron chi connectivity index (χ1n) is 5.69. The predicted molar refractivity (Wildman–Crippen MR) is 62.8 cm³/mol. The molecule has 0 radical (unpaired) electrons. The Kier molecular flexibility index (Phi) is 3.58. The Morgan fingerprint density at radius 1 is 1.53 bits per heavy atom. The lowest BCUT2D eigenvalue weighted by atomic mass is 10.1. The molecule has 2 rings (SSSR count). The highest BCUT2D eigenvalue weighted by atomic mass is 16.5. The van der Waals surface area contributed by atoms with E-state index in [4.69, 9.17) is 4.74 Å². The molecule has 5 nitrogen and oxygen atoms in total. The summed E-state index contributed by atoms with van der Waals surface area (Å²) in [5.74, 6) is 0.0722. The van der Waals surface area contributed by atoms with Crippen molar-refractivity contribution < 1.29 is 14.6 Å². The first kappa shape index (κ1) is 11.9. The van der Waals surface area contributed by atoms with Gasteiger partial charge in [-0.05, 0) is 25.3 Å². The van der Waals surface area contributed by atoms with Crippen LogP contribution in [0.15, 0.2) is 18.3 Å². The minimum atomic E-state index is -0.513. The van der Waals surface area contributed by atoms with Gasteiger partial charge < -0.3 is 15.2 Å². The van der Waals surface area contributed by atoms with E-state index in [1.165, 1.54) is 13.3 Å². The van der Waals surface area contributed by atoms with Crippen LogP contribution in [0.3, 0.4) is 0 Å². The molecule has 0 spiro atoms. The van der Waals surface area contributed by atoms with Crippen LogP contribution in [0.5, 0.6) is 5.88 Å². The number of ether oxygens (including phenoxy) is 1. The first-order chi connectivity index (χ1) is 8.20. The van der Waals surface area contributed by atoms with E-state index in [9.17, 15) is 9.90 Å². The molecule has 2 unspecified atom stereocenters. The van der Waals surface area contributed by atoms with Crippen molar-refractivity contribution in [2.24, 2.45) is 5.92 Å². The van der Waals surface area contributed by atoms with Gasteiger partial charge in [-0.15, -0.1) is 0 Å². The molecule has 2 N–H and O–H groups in total. The third-order valence-corrected chi connectivity index (χ3v) is 3.03. The largest absolute Gasteiger partial charge is 0.481 e. The molecule has 1 amide bonds. The number of carbonyl (C=O) groups is 1. The standard InChI is InChI=1S/C12H16N2O3/c1-17-11-6-5-8(7-13-11)14-12(16)9-3-2-4-10(9)15/h5-7,9-10,15H,2-4H2,1H3,(H,14,16). The van der Waals surface area contributed by atoms with E-state index in [0.29, 0.717) is 18.0 Å². The third kappa shape index (κ3) is 2.74. The number of aliphatic hydroxyl groups is 1. The molecule has 1 fully saturated rings. The SMILES string of the molecule is COc1ccc(NC(=O)C2CCCC2O)cn1. The lowest BCUT2D eigenvalue weighted by Crippen LogP contribution is -2.28. The van der Waals surface area contributed by atoms with Crippen LogP contribution in [0.2, 0.25) is 0 Å². The average Bonchev–Trinajstić information content (AvgIpc) is 2.76. The number of methoxy groups -OCH3 is 1. The molecule has 17 heavy (non-hydrogen) atoms. The molecule has 0 aromatic carbocycles. The normalized spacial score (nSPS) is 23.4. The van der Waals surface area contributed by atoms with Gasteiger partial charge >= 0.3 is 0 Å². The zero-order valence-electron chi connectivity index (χ0n) is 9.72. The van der Waals surface area contributed by atoms with Gasteiger partial charge in [0, 0.05) is 6.07 Å². The molecule has 2 atom stereocenters. The van der Waals surface area contributed by atoms with Gasteiger partial charge in [0.2, 0.25) is 11.8 Å². The van der Waals surface area contributed by atoms with E-state index in [1.807, 2.05) is 0 Å². The molecule has 0 saturated heterocycles. The van der Waals surface area contributed by atoms with Gasteiger partial charge in [-0.2, -0.15) is 0 Å². The number of amides is 1. The molecule has 1 aliphatic carbocycles. The number of nitrogens with one attached hydrogen (secondary N) is 1. The molecule has 1 aromatic rings. The Bertz CT molecular complexity index is 391. The third-order valence-electron chi connectivity index (χ3n) is 3.03. The number of pyridine rings is 1. The van der Waals surface area contributed by atoms with Gasteiger partial charge in [0.1, 0.15) is 0 Å². The van der Waals surface area contributed by atoms with Crippen LogP contribution in [0.1, 0.15) is 19.3 Å². The Hall–Kier alpha value is -1.62. The number of aromatic nitrogens is 1. The van der Waals surface area contributed by atoms with Crippen LogP contribution in [-0.4, -0.2) is 29.2 Å². The molecule has 0 bridgehead atoms. The van der Waals surface area contributed by atoms with Crippen molar-refractivity contribution in [3.05, 3.63) is 18.3 Å². The lowest BCUT2D eigenvalue weighted by Gasteiger charge is -2.14. The zero-order valence-corrected chi connectivity index (χ0v) is 9.72. The second-order valence-corrected chi connectivity index (χ2v) is 4.18. The van der Waals surface area contributed by atoms with Crippen LogP contribution >= 0.6 is 0 Å². The van der Waals surface area contributed by atoms with Crippen molar-refractivity contribution in [3.63, 3.8) is 0 Å². The highest BCUT2D eigenvalue weighted by Gasteiger charge is 2.31. The quantitative estimate of drug-likeness (QED) is 0.827. The summed E-state index contributed by atoms with van der Waals surface area (Å²) < 4.78 is 4.93. The van der Waals surface area contributed by atoms with Crippen LogP contribution in [0, 0.1) is 5.92 Å². The minimum Gasteiger partial charge on any atom is -0.481 e. The van der Waals surface area contributed by atoms with Crippen LogP contribution in [0.4, 0.5) is 5.69 Å². The number of hydrogen-bond donors (Lipinski definition) is 2. The van der Waals surface area contributed by atoms with Crippen LogP contribution in [0.25, 0.3) is 0 Å². The molecule has 1 saturated carbocycles. The molecular weight excluding hydrogens is 220 g/mol. The zero-order chi connectivity index (χ0) is 12.3. The summed E-state index contributed by atoms with van der Waals surface area (Å²) in [6.45, 7) is 0. The van der Waals surface area contributed by atoms with E-state index < -0.39 is 6.10 Å². The number of aliphatic hydroxyl groups excluding tert-OH is 1. The van der Waals surface area contributed by atoms with Gasteiger partial charge in [0.25, 0.3) is 0 Å². The molecule has 5 heteroatoms. The smallest absolute Gasteiger partial charge is 0.230 e. The molecule has 0 aliphatic heterocycles. The summed E-state index contributed by atoms with van der Waals surface area (Å²) in [6.07, 6.45) is 3.38. The van der Waals surface area contributed by atoms with Crippen molar-refractivity contribution in [1.29, 1.82) is 0 Å². The van der Waals surface area contributed by atoms with E-state index >= 15 is 0 Å². The van der Waals surface area contributed by atoms with E-state index in [2.05, 4.69) is 10.3 Å². The van der Waals surface area contributed by atoms with Crippen molar-refractivity contribution in [2.75, 3.05) is 12.4 Å². The number of nitrogens with zero attached hydrogens (tertiary/aromatic N) is 1. The van der Waals surface area contributed by atoms with E-state index in [-0.39, 0.29) is 11.8 Å². The maximum absolute atomic E-state index is 11.8. The molecular formula is C12H16N2O3. The van der Waals surface area contributed by atoms with E-state index in [0.717, 1.165) is 12.8 Å². The van der Waals surface area contributed by atoms with Gasteiger partial charge in [-0.1, -0.05) is 0 Å². The van der Waals surface area contributed by atoms with Gasteiger partial charge in [0.15, 0.2) is 0 Å².